The van der Waals surface area contributed by atoms with Gasteiger partial charge in [0.05, 0.1) is 12.7 Å². The number of phenols is 1. The first-order valence-electron chi connectivity index (χ1n) is 13.3. The topological polar surface area (TPSA) is 87.0 Å². The van der Waals surface area contributed by atoms with Crippen molar-refractivity contribution in [2.24, 2.45) is 5.92 Å². The van der Waals surface area contributed by atoms with Crippen molar-refractivity contribution >= 4 is 11.9 Å². The molecule has 0 heterocycles. The van der Waals surface area contributed by atoms with E-state index in [-0.39, 0.29) is 35.0 Å². The number of phenolic OH excluding ortho intramolecular Hbond substituents is 1. The molecular formula is C32H38O5. The fourth-order valence-electron chi connectivity index (χ4n) is 5.57. The average Bonchev–Trinajstić information content (AvgIpc) is 2.98. The molecule has 1 saturated carbocycles. The molecule has 0 aromatic heterocycles. The molecule has 1 aromatic rings. The largest absolute Gasteiger partial charge is 0.511 e. The molecule has 5 nitrogen and oxygen atoms in total. The number of ether oxygens (including phenoxy) is 1. The highest BCUT2D eigenvalue weighted by Crippen LogP contribution is 2.39. The zero-order valence-corrected chi connectivity index (χ0v) is 21.9. The van der Waals surface area contributed by atoms with Gasteiger partial charge in [0.25, 0.3) is 0 Å². The van der Waals surface area contributed by atoms with Gasteiger partial charge in [0.1, 0.15) is 23.0 Å². The molecule has 5 rings (SSSR count). The van der Waals surface area contributed by atoms with Gasteiger partial charge in [-0.2, -0.15) is 0 Å². The van der Waals surface area contributed by atoms with Gasteiger partial charge in [-0.05, 0) is 86.1 Å². The first kappa shape index (κ1) is 26.6. The van der Waals surface area contributed by atoms with Crippen LogP contribution in [0.25, 0.3) is 6.08 Å². The summed E-state index contributed by atoms with van der Waals surface area (Å²) in [5, 5.41) is 31.1. The van der Waals surface area contributed by atoms with Gasteiger partial charge in [0.2, 0.25) is 0 Å². The minimum atomic E-state index is -0.292. The number of aliphatic hydroxyl groups excluding tert-OH is 2. The molecule has 1 aromatic carbocycles. The third-order valence-corrected chi connectivity index (χ3v) is 7.67. The summed E-state index contributed by atoms with van der Waals surface area (Å²) in [6, 6.07) is 6.94. The summed E-state index contributed by atoms with van der Waals surface area (Å²) in [7, 11) is 1.52. The maximum Gasteiger partial charge on any atom is 0.174 e. The third-order valence-electron chi connectivity index (χ3n) is 7.67. The molecule has 0 amide bonds. The number of rotatable bonds is 8. The SMILES string of the molecule is COC1=C(CCC=Cc2ccc(O)cc2)CC(=O)C(=C(O)CCC2=C3CCCCC(=C2)C(C)C3)C(O)=C1. The molecule has 196 valence electrons. The fourth-order valence-corrected chi connectivity index (χ4v) is 5.57. The van der Waals surface area contributed by atoms with Gasteiger partial charge < -0.3 is 20.1 Å². The van der Waals surface area contributed by atoms with Gasteiger partial charge in [0, 0.05) is 18.9 Å². The number of Topliss-reactive ketones (excluding diaryl/α,β-unsaturated/α-hetero) is 1. The first-order chi connectivity index (χ1) is 17.9. The Kier molecular flexibility index (Phi) is 8.75. The van der Waals surface area contributed by atoms with Crippen molar-refractivity contribution in [1.29, 1.82) is 0 Å². The van der Waals surface area contributed by atoms with E-state index in [1.165, 1.54) is 42.7 Å². The molecule has 0 aliphatic heterocycles. The number of benzene rings is 1. The van der Waals surface area contributed by atoms with E-state index < -0.39 is 0 Å². The molecule has 4 aliphatic carbocycles. The summed E-state index contributed by atoms with van der Waals surface area (Å²) >= 11 is 0. The Morgan fingerprint density at radius 3 is 2.59 bits per heavy atom. The van der Waals surface area contributed by atoms with E-state index in [2.05, 4.69) is 13.0 Å². The lowest BCUT2D eigenvalue weighted by Crippen LogP contribution is -2.13. The Balaban J connectivity index is 1.44. The second-order valence-corrected chi connectivity index (χ2v) is 10.3. The van der Waals surface area contributed by atoms with E-state index in [4.69, 9.17) is 4.74 Å². The van der Waals surface area contributed by atoms with Crippen LogP contribution in [0.5, 0.6) is 5.75 Å². The minimum absolute atomic E-state index is 0.00631. The van der Waals surface area contributed by atoms with Crippen molar-refractivity contribution in [2.75, 3.05) is 7.11 Å². The zero-order chi connectivity index (χ0) is 26.4. The van der Waals surface area contributed by atoms with Gasteiger partial charge in [-0.1, -0.05) is 48.4 Å². The van der Waals surface area contributed by atoms with Gasteiger partial charge in [-0.3, -0.25) is 4.79 Å². The zero-order valence-electron chi connectivity index (χ0n) is 21.9. The van der Waals surface area contributed by atoms with Crippen LogP contribution in [0.1, 0.15) is 76.7 Å². The number of hydrogen-bond acceptors (Lipinski definition) is 5. The van der Waals surface area contributed by atoms with Crippen molar-refractivity contribution in [3.63, 3.8) is 0 Å². The molecule has 3 N–H and O–H groups in total. The molecule has 37 heavy (non-hydrogen) atoms. The Morgan fingerprint density at radius 1 is 1.08 bits per heavy atom. The molecule has 1 fully saturated rings. The Morgan fingerprint density at radius 2 is 1.84 bits per heavy atom. The van der Waals surface area contributed by atoms with Crippen LogP contribution in [-0.2, 0) is 9.53 Å². The van der Waals surface area contributed by atoms with Crippen LogP contribution in [0, 0.1) is 5.92 Å². The molecule has 0 spiro atoms. The van der Waals surface area contributed by atoms with Gasteiger partial charge >= 0.3 is 0 Å². The number of fused-ring (bicyclic) bond motifs is 5. The molecule has 0 radical (unpaired) electrons. The predicted octanol–water partition coefficient (Wildman–Crippen LogP) is 7.93. The van der Waals surface area contributed by atoms with Gasteiger partial charge in [-0.25, -0.2) is 0 Å². The number of aliphatic hydroxyl groups is 2. The van der Waals surface area contributed by atoms with Crippen LogP contribution in [-0.4, -0.2) is 28.2 Å². The third kappa shape index (κ3) is 6.65. The Bertz CT molecular complexity index is 1200. The molecule has 1 atom stereocenters. The number of carbonyl (C=O) groups is 1. The second-order valence-electron chi connectivity index (χ2n) is 10.3. The number of aromatic hydroxyl groups is 1. The average molecular weight is 503 g/mol. The van der Waals surface area contributed by atoms with E-state index in [0.29, 0.717) is 37.4 Å². The lowest BCUT2D eigenvalue weighted by Gasteiger charge is -2.29. The van der Waals surface area contributed by atoms with E-state index in [0.717, 1.165) is 30.4 Å². The normalized spacial score (nSPS) is 22.0. The maximum atomic E-state index is 13.2. The molecule has 0 saturated heterocycles. The van der Waals surface area contributed by atoms with Crippen molar-refractivity contribution in [3.05, 3.63) is 93.2 Å². The van der Waals surface area contributed by atoms with Crippen LogP contribution < -0.4 is 0 Å². The molecule has 5 heteroatoms. The summed E-state index contributed by atoms with van der Waals surface area (Å²) < 4.78 is 5.50. The minimum Gasteiger partial charge on any atom is -0.511 e. The van der Waals surface area contributed by atoms with Crippen LogP contribution in [0.15, 0.2) is 87.6 Å². The Labute approximate surface area is 219 Å². The quantitative estimate of drug-likeness (QED) is 0.248. The van der Waals surface area contributed by atoms with Gasteiger partial charge in [-0.15, -0.1) is 0 Å². The van der Waals surface area contributed by atoms with E-state index in [9.17, 15) is 20.1 Å². The second kappa shape index (κ2) is 12.2. The number of ketones is 1. The smallest absolute Gasteiger partial charge is 0.174 e. The van der Waals surface area contributed by atoms with Crippen molar-refractivity contribution in [1.82, 2.24) is 0 Å². The van der Waals surface area contributed by atoms with E-state index >= 15 is 0 Å². The highest BCUT2D eigenvalue weighted by Gasteiger charge is 2.27. The summed E-state index contributed by atoms with van der Waals surface area (Å²) in [4.78, 5) is 13.2. The van der Waals surface area contributed by atoms with Crippen LogP contribution in [0.3, 0.4) is 0 Å². The first-order valence-corrected chi connectivity index (χ1v) is 13.3. The van der Waals surface area contributed by atoms with Crippen LogP contribution in [0.4, 0.5) is 0 Å². The summed E-state index contributed by atoms with van der Waals surface area (Å²) in [5.41, 5.74) is 6.04. The van der Waals surface area contributed by atoms with E-state index in [1.807, 2.05) is 24.3 Å². The number of hydrogen-bond donors (Lipinski definition) is 3. The number of carbonyl (C=O) groups excluding carboxylic acids is 1. The molecule has 1 unspecified atom stereocenters. The van der Waals surface area contributed by atoms with Crippen molar-refractivity contribution in [3.8, 4) is 5.75 Å². The lowest BCUT2D eigenvalue weighted by molar-refractivity contribution is -0.115. The van der Waals surface area contributed by atoms with Crippen molar-refractivity contribution < 1.29 is 24.9 Å². The molecule has 4 aliphatic rings. The van der Waals surface area contributed by atoms with Crippen LogP contribution in [0.2, 0.25) is 0 Å². The molecular weight excluding hydrogens is 464 g/mol. The maximum absolute atomic E-state index is 13.2. The Hall–Kier alpha value is -3.47. The molecule has 2 bridgehead atoms. The number of methoxy groups -OCH3 is 1. The predicted molar refractivity (Wildman–Crippen MR) is 147 cm³/mol. The monoisotopic (exact) mass is 502 g/mol. The van der Waals surface area contributed by atoms with Gasteiger partial charge in [0.15, 0.2) is 5.78 Å². The highest BCUT2D eigenvalue weighted by molar-refractivity contribution is 6.01. The highest BCUT2D eigenvalue weighted by atomic mass is 16.5. The summed E-state index contributed by atoms with van der Waals surface area (Å²) in [6.07, 6.45) is 15.9. The number of allylic oxidation sites excluding steroid dienone is 9. The fraction of sp³-hybridized carbons (Fsp3) is 0.406. The lowest BCUT2D eigenvalue weighted by atomic mass is 9.77. The summed E-state index contributed by atoms with van der Waals surface area (Å²) in [6.45, 7) is 2.29. The summed E-state index contributed by atoms with van der Waals surface area (Å²) in [5.74, 6) is 0.697. The van der Waals surface area contributed by atoms with E-state index in [1.54, 1.807) is 12.1 Å². The van der Waals surface area contributed by atoms with Crippen LogP contribution >= 0.6 is 0 Å². The standard InChI is InChI=1S/C32H38O5/c1-21-17-24-9-6-5-8-23(21)18-25(24)13-16-28(34)32-29(35)19-26(31(37-2)20-30(32)36)10-4-3-7-22-11-14-27(33)15-12-22/h3,7,11-12,14-15,18,20-21,33-34,36H,4-6,8-10,13,16-17,19H2,1-2H3. The van der Waals surface area contributed by atoms with Crippen molar-refractivity contribution in [2.45, 2.75) is 71.1 Å².